The van der Waals surface area contributed by atoms with Gasteiger partial charge in [-0.15, -0.1) is 0 Å². The molecule has 3 heteroatoms. The van der Waals surface area contributed by atoms with E-state index < -0.39 is 0 Å². The minimum atomic E-state index is -0.357. The van der Waals surface area contributed by atoms with Gasteiger partial charge in [0, 0.05) is 17.4 Å². The summed E-state index contributed by atoms with van der Waals surface area (Å²) in [5.41, 5.74) is 3.31. The highest BCUT2D eigenvalue weighted by Crippen LogP contribution is 2.48. The van der Waals surface area contributed by atoms with E-state index in [1.807, 2.05) is 0 Å². The molecular weight excluding hydrogens is 216 g/mol. The molecule has 1 saturated carbocycles. The molecule has 1 heterocycles. The number of aliphatic hydroxyl groups is 1. The van der Waals surface area contributed by atoms with Crippen molar-refractivity contribution in [3.8, 4) is 0 Å². The summed E-state index contributed by atoms with van der Waals surface area (Å²) in [6, 6.07) is 0. The Hall–Kier alpha value is -1.09. The smallest absolute Gasteiger partial charge is 0.334 e. The van der Waals surface area contributed by atoms with Crippen LogP contribution in [0.4, 0.5) is 0 Å². The zero-order chi connectivity index (χ0) is 12.2. The van der Waals surface area contributed by atoms with Crippen LogP contribution in [0.3, 0.4) is 0 Å². The number of carbonyl (C=O) groups excluding carboxylic acids is 1. The highest BCUT2D eigenvalue weighted by molar-refractivity contribution is 5.91. The van der Waals surface area contributed by atoms with Crippen molar-refractivity contribution in [1.29, 1.82) is 0 Å². The molecule has 0 bridgehead atoms. The Balaban J connectivity index is 2.02. The third-order valence-corrected chi connectivity index (χ3v) is 4.61. The summed E-state index contributed by atoms with van der Waals surface area (Å²) in [6.07, 6.45) is 3.14. The van der Waals surface area contributed by atoms with Gasteiger partial charge in [-0.1, -0.05) is 17.7 Å². The molecule has 1 aliphatic heterocycles. The first-order chi connectivity index (χ1) is 8.09. The summed E-state index contributed by atoms with van der Waals surface area (Å²) in [7, 11) is 0. The van der Waals surface area contributed by atoms with Crippen LogP contribution < -0.4 is 0 Å². The fraction of sp³-hybridized carbons (Fsp3) is 0.643. The number of aliphatic hydroxyl groups excluding tert-OH is 1. The van der Waals surface area contributed by atoms with Crippen LogP contribution in [0.15, 0.2) is 23.3 Å². The van der Waals surface area contributed by atoms with Gasteiger partial charge in [-0.3, -0.25) is 0 Å². The summed E-state index contributed by atoms with van der Waals surface area (Å²) in [5.74, 6) is -0.142. The van der Waals surface area contributed by atoms with E-state index in [2.05, 4.69) is 13.5 Å². The van der Waals surface area contributed by atoms with E-state index in [-0.39, 0.29) is 30.0 Å². The van der Waals surface area contributed by atoms with Gasteiger partial charge < -0.3 is 9.84 Å². The number of ether oxygens (including phenoxy) is 1. The number of fused-ring (bicyclic) bond motifs is 3. The van der Waals surface area contributed by atoms with Crippen molar-refractivity contribution in [3.63, 3.8) is 0 Å². The van der Waals surface area contributed by atoms with Gasteiger partial charge in [0.05, 0.1) is 6.10 Å². The Kier molecular flexibility index (Phi) is 2.40. The number of hydrogen-bond donors (Lipinski definition) is 1. The number of allylic oxidation sites excluding steroid dienone is 1. The monoisotopic (exact) mass is 234 g/mol. The van der Waals surface area contributed by atoms with Gasteiger partial charge in [0.1, 0.15) is 6.10 Å². The summed E-state index contributed by atoms with van der Waals surface area (Å²) in [5, 5.41) is 10.1. The van der Waals surface area contributed by atoms with E-state index in [1.54, 1.807) is 0 Å². The number of carbonyl (C=O) groups is 1. The van der Waals surface area contributed by atoms with Gasteiger partial charge in [0.15, 0.2) is 0 Å². The molecule has 0 spiro atoms. The van der Waals surface area contributed by atoms with Crippen molar-refractivity contribution >= 4 is 5.97 Å². The molecule has 3 rings (SSSR count). The molecule has 92 valence electrons. The first kappa shape index (κ1) is 11.0. The maximum Gasteiger partial charge on any atom is 0.334 e. The SMILES string of the molecule is C=C1C(=O)O[C@@H]2[C@@H]3C(=C(C)CC[C@@H]12)CC[C@H]3O. The standard InChI is InChI=1S/C14H18O3/c1-7-3-4-10-8(2)14(16)17-13(10)12-9(7)5-6-11(12)15/h10-13,15H,2-6H2,1H3/t10-,11+,12+,13-/m0/s1. The lowest BCUT2D eigenvalue weighted by atomic mass is 9.84. The molecule has 4 atom stereocenters. The molecule has 0 aromatic carbocycles. The van der Waals surface area contributed by atoms with Crippen molar-refractivity contribution in [2.24, 2.45) is 11.8 Å². The van der Waals surface area contributed by atoms with Gasteiger partial charge in [-0.2, -0.15) is 0 Å². The maximum absolute atomic E-state index is 11.6. The second-order valence-corrected chi connectivity index (χ2v) is 5.48. The average molecular weight is 234 g/mol. The molecule has 0 radical (unpaired) electrons. The normalized spacial score (nSPS) is 41.1. The largest absolute Gasteiger partial charge is 0.458 e. The minimum Gasteiger partial charge on any atom is -0.458 e. The quantitative estimate of drug-likeness (QED) is 0.396. The molecular formula is C14H18O3. The van der Waals surface area contributed by atoms with Gasteiger partial charge in [-0.25, -0.2) is 4.79 Å². The van der Waals surface area contributed by atoms with E-state index in [1.165, 1.54) is 11.1 Å². The highest BCUT2D eigenvalue weighted by Gasteiger charge is 2.49. The first-order valence-electron chi connectivity index (χ1n) is 6.36. The molecule has 1 N–H and O–H groups in total. The van der Waals surface area contributed by atoms with Gasteiger partial charge in [-0.05, 0) is 32.6 Å². The molecule has 0 aromatic heterocycles. The Morgan fingerprint density at radius 2 is 2.12 bits per heavy atom. The number of rotatable bonds is 0. The topological polar surface area (TPSA) is 46.5 Å². The van der Waals surface area contributed by atoms with Crippen LogP contribution in [0.25, 0.3) is 0 Å². The molecule has 1 saturated heterocycles. The highest BCUT2D eigenvalue weighted by atomic mass is 16.6. The van der Waals surface area contributed by atoms with Crippen LogP contribution in [-0.4, -0.2) is 23.3 Å². The van der Waals surface area contributed by atoms with Crippen LogP contribution in [0.1, 0.15) is 32.6 Å². The maximum atomic E-state index is 11.6. The first-order valence-corrected chi connectivity index (χ1v) is 6.36. The Bertz CT molecular complexity index is 421. The summed E-state index contributed by atoms with van der Waals surface area (Å²) >= 11 is 0. The molecule has 17 heavy (non-hydrogen) atoms. The lowest BCUT2D eigenvalue weighted by Gasteiger charge is -2.25. The van der Waals surface area contributed by atoms with Crippen molar-refractivity contribution < 1.29 is 14.6 Å². The molecule has 2 fully saturated rings. The fourth-order valence-corrected chi connectivity index (χ4v) is 3.62. The van der Waals surface area contributed by atoms with E-state index in [9.17, 15) is 9.90 Å². The predicted octanol–water partition coefficient (Wildman–Crippen LogP) is 1.97. The lowest BCUT2D eigenvalue weighted by molar-refractivity contribution is -0.141. The number of hydrogen-bond acceptors (Lipinski definition) is 3. The van der Waals surface area contributed by atoms with E-state index in [4.69, 9.17) is 4.74 Å². The zero-order valence-corrected chi connectivity index (χ0v) is 10.1. The molecule has 0 aromatic rings. The molecule has 3 aliphatic rings. The Morgan fingerprint density at radius 3 is 2.88 bits per heavy atom. The summed E-state index contributed by atoms with van der Waals surface area (Å²) in [6.45, 7) is 6.00. The average Bonchev–Trinajstić information content (AvgIpc) is 2.75. The minimum absolute atomic E-state index is 0.0192. The third kappa shape index (κ3) is 1.48. The van der Waals surface area contributed by atoms with Gasteiger partial charge in [0.2, 0.25) is 0 Å². The third-order valence-electron chi connectivity index (χ3n) is 4.61. The predicted molar refractivity (Wildman–Crippen MR) is 63.2 cm³/mol. The van der Waals surface area contributed by atoms with E-state index in [0.29, 0.717) is 5.57 Å². The zero-order valence-electron chi connectivity index (χ0n) is 10.1. The molecule has 0 amide bonds. The molecule has 0 unspecified atom stereocenters. The van der Waals surface area contributed by atoms with Crippen molar-refractivity contribution in [1.82, 2.24) is 0 Å². The van der Waals surface area contributed by atoms with Crippen LogP contribution in [-0.2, 0) is 9.53 Å². The van der Waals surface area contributed by atoms with Crippen molar-refractivity contribution in [3.05, 3.63) is 23.3 Å². The van der Waals surface area contributed by atoms with Crippen molar-refractivity contribution in [2.45, 2.75) is 44.8 Å². The van der Waals surface area contributed by atoms with Crippen LogP contribution in [0.5, 0.6) is 0 Å². The molecule has 3 nitrogen and oxygen atoms in total. The summed E-state index contributed by atoms with van der Waals surface area (Å²) in [4.78, 5) is 11.6. The lowest BCUT2D eigenvalue weighted by Crippen LogP contribution is -2.32. The second kappa shape index (κ2) is 3.70. The van der Waals surface area contributed by atoms with Crippen LogP contribution >= 0.6 is 0 Å². The summed E-state index contributed by atoms with van der Waals surface area (Å²) < 4.78 is 5.46. The number of esters is 1. The Labute approximate surface area is 101 Å². The van der Waals surface area contributed by atoms with Crippen molar-refractivity contribution in [2.75, 3.05) is 0 Å². The van der Waals surface area contributed by atoms with Gasteiger partial charge in [0.25, 0.3) is 0 Å². The Morgan fingerprint density at radius 1 is 1.35 bits per heavy atom. The van der Waals surface area contributed by atoms with Gasteiger partial charge >= 0.3 is 5.97 Å². The molecule has 2 aliphatic carbocycles. The fourth-order valence-electron chi connectivity index (χ4n) is 3.62. The van der Waals surface area contributed by atoms with E-state index >= 15 is 0 Å². The second-order valence-electron chi connectivity index (χ2n) is 5.48. The van der Waals surface area contributed by atoms with E-state index in [0.717, 1.165) is 25.7 Å². The van der Waals surface area contributed by atoms with Crippen LogP contribution in [0, 0.1) is 11.8 Å². The van der Waals surface area contributed by atoms with Crippen LogP contribution in [0.2, 0.25) is 0 Å².